The molecule has 0 aromatic carbocycles. The summed E-state index contributed by atoms with van der Waals surface area (Å²) in [4.78, 5) is 21.3. The van der Waals surface area contributed by atoms with Crippen molar-refractivity contribution >= 4 is 24.3 Å². The summed E-state index contributed by atoms with van der Waals surface area (Å²) in [5.74, 6) is -1.30. The van der Waals surface area contributed by atoms with E-state index in [1.54, 1.807) is 0 Å². The van der Waals surface area contributed by atoms with Gasteiger partial charge < -0.3 is 15.6 Å². The minimum Gasteiger partial charge on any atom is -0.481 e. The van der Waals surface area contributed by atoms with E-state index in [0.717, 1.165) is 6.42 Å². The number of carbonyl (C=O) groups is 2. The fraction of sp³-hybridized carbons (Fsp3) is 0.778. The third-order valence-electron chi connectivity index (χ3n) is 1.64. The molecule has 0 saturated heterocycles. The van der Waals surface area contributed by atoms with E-state index in [2.05, 4.69) is 0 Å². The average Bonchev–Trinajstić information content (AvgIpc) is 2.01. The molecule has 15 heavy (non-hydrogen) atoms. The third kappa shape index (κ3) is 9.49. The van der Waals surface area contributed by atoms with Crippen LogP contribution in [0.3, 0.4) is 0 Å². The van der Waals surface area contributed by atoms with E-state index >= 15 is 0 Å². The van der Waals surface area contributed by atoms with Gasteiger partial charge in [0.2, 0.25) is 0 Å². The number of rotatable bonds is 6. The Morgan fingerprint density at radius 3 is 2.33 bits per heavy atom. The normalized spacial score (nSPS) is 11.7. The largest absolute Gasteiger partial charge is 0.481 e. The average molecular weight is 240 g/mol. The minimum absolute atomic E-state index is 0. The number of hydrogen-bond acceptors (Lipinski definition) is 4. The molecule has 90 valence electrons. The Balaban J connectivity index is 0. The predicted molar refractivity (Wildman–Crippen MR) is 57.9 cm³/mol. The maximum atomic E-state index is 11.0. The van der Waals surface area contributed by atoms with Crippen LogP contribution in [-0.4, -0.2) is 29.7 Å². The lowest BCUT2D eigenvalue weighted by atomic mass is 10.1. The summed E-state index contributed by atoms with van der Waals surface area (Å²) >= 11 is 0. The lowest BCUT2D eigenvalue weighted by Crippen LogP contribution is -2.34. The van der Waals surface area contributed by atoms with Gasteiger partial charge >= 0.3 is 11.9 Å². The van der Waals surface area contributed by atoms with Crippen LogP contribution in [0.15, 0.2) is 0 Å². The molecule has 0 aliphatic carbocycles. The van der Waals surface area contributed by atoms with Crippen molar-refractivity contribution in [2.24, 2.45) is 11.7 Å². The van der Waals surface area contributed by atoms with Gasteiger partial charge in [-0.05, 0) is 12.3 Å². The first-order valence-electron chi connectivity index (χ1n) is 4.57. The smallest absolute Gasteiger partial charge is 0.323 e. The number of esters is 1. The molecular weight excluding hydrogens is 222 g/mol. The van der Waals surface area contributed by atoms with Crippen LogP contribution in [0.25, 0.3) is 0 Å². The van der Waals surface area contributed by atoms with Gasteiger partial charge in [0.25, 0.3) is 0 Å². The topological polar surface area (TPSA) is 89.6 Å². The quantitative estimate of drug-likeness (QED) is 0.669. The second-order valence-corrected chi connectivity index (χ2v) is 3.55. The molecule has 0 aliphatic heterocycles. The molecule has 0 amide bonds. The number of carboxylic acids is 1. The van der Waals surface area contributed by atoms with Gasteiger partial charge in [-0.2, -0.15) is 0 Å². The van der Waals surface area contributed by atoms with Crippen molar-refractivity contribution in [3.63, 3.8) is 0 Å². The zero-order chi connectivity index (χ0) is 11.1. The number of carboxylic acid groups (broad SMARTS) is 1. The first-order valence-corrected chi connectivity index (χ1v) is 4.57. The zero-order valence-corrected chi connectivity index (χ0v) is 9.75. The third-order valence-corrected chi connectivity index (χ3v) is 1.64. The van der Waals surface area contributed by atoms with E-state index in [1.165, 1.54) is 0 Å². The van der Waals surface area contributed by atoms with E-state index in [1.807, 2.05) is 13.8 Å². The van der Waals surface area contributed by atoms with Crippen molar-refractivity contribution < 1.29 is 19.4 Å². The van der Waals surface area contributed by atoms with Gasteiger partial charge in [0, 0.05) is 0 Å². The van der Waals surface area contributed by atoms with E-state index in [-0.39, 0.29) is 18.8 Å². The van der Waals surface area contributed by atoms with Crippen molar-refractivity contribution in [3.8, 4) is 0 Å². The number of halogens is 1. The molecule has 0 radical (unpaired) electrons. The molecule has 0 rings (SSSR count). The fourth-order valence-electron chi connectivity index (χ4n) is 0.774. The minimum atomic E-state index is -1.10. The molecule has 1 atom stereocenters. The van der Waals surface area contributed by atoms with Gasteiger partial charge in [-0.1, -0.05) is 13.8 Å². The van der Waals surface area contributed by atoms with Crippen LogP contribution < -0.4 is 5.73 Å². The molecule has 3 N–H and O–H groups in total. The maximum absolute atomic E-state index is 11.0. The summed E-state index contributed by atoms with van der Waals surface area (Å²) in [6.45, 7) is 4.31. The van der Waals surface area contributed by atoms with Crippen LogP contribution in [0.2, 0.25) is 0 Å². The monoisotopic (exact) mass is 239 g/mol. The Labute approximate surface area is 95.4 Å². The maximum Gasteiger partial charge on any atom is 0.323 e. The second kappa shape index (κ2) is 8.49. The van der Waals surface area contributed by atoms with Gasteiger partial charge in [0.05, 0.1) is 13.0 Å². The van der Waals surface area contributed by atoms with Crippen molar-refractivity contribution in [1.82, 2.24) is 0 Å². The number of hydrogen-bond donors (Lipinski definition) is 2. The highest BCUT2D eigenvalue weighted by Crippen LogP contribution is 2.00. The van der Waals surface area contributed by atoms with Crippen molar-refractivity contribution in [2.75, 3.05) is 6.61 Å². The Hall–Kier alpha value is -0.810. The molecule has 0 heterocycles. The number of nitrogens with two attached hydrogens (primary N) is 1. The van der Waals surface area contributed by atoms with Crippen LogP contribution in [0.4, 0.5) is 0 Å². The molecule has 0 aromatic heterocycles. The first kappa shape index (κ1) is 16.6. The molecule has 0 saturated carbocycles. The standard InChI is InChI=1S/C9H17NO4.ClH/c1-6(2)3-4-14-9(13)7(10)5-8(11)12;/h6-7H,3-5,10H2,1-2H3,(H,11,12);1H. The molecule has 1 unspecified atom stereocenters. The molecule has 0 aliphatic rings. The highest BCUT2D eigenvalue weighted by molar-refractivity contribution is 5.85. The molecule has 0 aromatic rings. The van der Waals surface area contributed by atoms with E-state index in [0.29, 0.717) is 12.5 Å². The van der Waals surface area contributed by atoms with Crippen molar-refractivity contribution in [3.05, 3.63) is 0 Å². The summed E-state index contributed by atoms with van der Waals surface area (Å²) in [6.07, 6.45) is 0.367. The first-order chi connectivity index (χ1) is 6.43. The Morgan fingerprint density at radius 2 is 1.93 bits per heavy atom. The molecule has 5 nitrogen and oxygen atoms in total. The molecule has 0 fully saturated rings. The summed E-state index contributed by atoms with van der Waals surface area (Å²) in [5, 5.41) is 8.36. The van der Waals surface area contributed by atoms with E-state index < -0.39 is 18.0 Å². The van der Waals surface area contributed by atoms with Gasteiger partial charge in [0.15, 0.2) is 0 Å². The lowest BCUT2D eigenvalue weighted by Gasteiger charge is -2.10. The van der Waals surface area contributed by atoms with E-state index in [4.69, 9.17) is 15.6 Å². The van der Waals surface area contributed by atoms with Crippen molar-refractivity contribution in [2.45, 2.75) is 32.7 Å². The summed E-state index contributed by atoms with van der Waals surface area (Å²) < 4.78 is 4.79. The Morgan fingerprint density at radius 1 is 1.40 bits per heavy atom. The lowest BCUT2D eigenvalue weighted by molar-refractivity contribution is -0.149. The molecule has 0 bridgehead atoms. The molecular formula is C9H18ClNO4. The number of aliphatic carboxylic acids is 1. The molecule has 6 heteroatoms. The van der Waals surface area contributed by atoms with Crippen LogP contribution in [0.1, 0.15) is 26.7 Å². The van der Waals surface area contributed by atoms with Crippen LogP contribution >= 0.6 is 12.4 Å². The number of ether oxygens (including phenoxy) is 1. The highest BCUT2D eigenvalue weighted by atomic mass is 35.5. The zero-order valence-electron chi connectivity index (χ0n) is 8.93. The summed E-state index contributed by atoms with van der Waals surface area (Å²) in [6, 6.07) is -1.06. The van der Waals surface area contributed by atoms with Gasteiger partial charge in [-0.3, -0.25) is 9.59 Å². The SMILES string of the molecule is CC(C)CCOC(=O)C(N)CC(=O)O.Cl. The van der Waals surface area contributed by atoms with Crippen LogP contribution in [-0.2, 0) is 14.3 Å². The summed E-state index contributed by atoms with van der Waals surface area (Å²) in [7, 11) is 0. The summed E-state index contributed by atoms with van der Waals surface area (Å²) in [5.41, 5.74) is 5.28. The fourth-order valence-corrected chi connectivity index (χ4v) is 0.774. The highest BCUT2D eigenvalue weighted by Gasteiger charge is 2.18. The second-order valence-electron chi connectivity index (χ2n) is 3.55. The Bertz CT molecular complexity index is 208. The van der Waals surface area contributed by atoms with Crippen LogP contribution in [0.5, 0.6) is 0 Å². The van der Waals surface area contributed by atoms with Crippen molar-refractivity contribution in [1.29, 1.82) is 0 Å². The van der Waals surface area contributed by atoms with E-state index in [9.17, 15) is 9.59 Å². The Kier molecular flexibility index (Phi) is 9.41. The van der Waals surface area contributed by atoms with Gasteiger partial charge in [-0.25, -0.2) is 0 Å². The molecule has 0 spiro atoms. The number of carbonyl (C=O) groups excluding carboxylic acids is 1. The van der Waals surface area contributed by atoms with Gasteiger partial charge in [0.1, 0.15) is 6.04 Å². The van der Waals surface area contributed by atoms with Crippen LogP contribution in [0, 0.1) is 5.92 Å². The van der Waals surface area contributed by atoms with Gasteiger partial charge in [-0.15, -0.1) is 12.4 Å². The predicted octanol–water partition coefficient (Wildman–Crippen LogP) is 0.799.